The van der Waals surface area contributed by atoms with Crippen LogP contribution in [0.4, 0.5) is 0 Å². The average Bonchev–Trinajstić information content (AvgIpc) is 2.85. The fourth-order valence-electron chi connectivity index (χ4n) is 1.77. The van der Waals surface area contributed by atoms with Crippen molar-refractivity contribution in [3.05, 3.63) is 10.0 Å². The number of nitrogens with zero attached hydrogens (tertiary/aromatic N) is 2. The van der Waals surface area contributed by atoms with E-state index in [0.29, 0.717) is 0 Å². The van der Waals surface area contributed by atoms with Crippen molar-refractivity contribution in [1.29, 1.82) is 0 Å². The normalized spacial score (nSPS) is 20.6. The summed E-state index contributed by atoms with van der Waals surface area (Å²) in [4.78, 5) is 0. The first kappa shape index (κ1) is 12.9. The molecule has 1 aromatic heterocycles. The van der Waals surface area contributed by atoms with Crippen molar-refractivity contribution in [3.8, 4) is 0 Å². The van der Waals surface area contributed by atoms with E-state index in [9.17, 15) is 0 Å². The zero-order valence-electron chi connectivity index (χ0n) is 10.1. The molecule has 5 nitrogen and oxygen atoms in total. The van der Waals surface area contributed by atoms with Gasteiger partial charge in [0.05, 0.1) is 6.61 Å². The van der Waals surface area contributed by atoms with Crippen LogP contribution < -0.4 is 5.32 Å². The number of aromatic nitrogens is 2. The molecule has 1 aromatic rings. The molecule has 1 aliphatic rings. The Morgan fingerprint density at radius 2 is 2.41 bits per heavy atom. The number of rotatable bonds is 6. The van der Waals surface area contributed by atoms with Crippen molar-refractivity contribution in [1.82, 2.24) is 15.5 Å². The van der Waals surface area contributed by atoms with Gasteiger partial charge in [0.15, 0.2) is 0 Å². The van der Waals surface area contributed by atoms with Crippen molar-refractivity contribution in [2.75, 3.05) is 26.9 Å². The molecule has 0 bridgehead atoms. The molecule has 0 aromatic carbocycles. The third-order valence-electron chi connectivity index (χ3n) is 2.70. The molecule has 1 unspecified atom stereocenters. The highest BCUT2D eigenvalue weighted by molar-refractivity contribution is 7.11. The standard InChI is InChI=1S/C11H19N3O2S/c1-15-7-5-12-8-10-13-14-11(17-10)9-4-2-3-6-16-9/h9,12H,2-8H2,1H3. The summed E-state index contributed by atoms with van der Waals surface area (Å²) in [6, 6.07) is 0. The number of ether oxygens (including phenoxy) is 2. The average molecular weight is 257 g/mol. The minimum absolute atomic E-state index is 0.175. The zero-order valence-corrected chi connectivity index (χ0v) is 11.0. The van der Waals surface area contributed by atoms with E-state index < -0.39 is 0 Å². The van der Waals surface area contributed by atoms with Crippen LogP contribution in [0.1, 0.15) is 35.4 Å². The summed E-state index contributed by atoms with van der Waals surface area (Å²) in [5.41, 5.74) is 0. The topological polar surface area (TPSA) is 56.3 Å². The molecule has 2 rings (SSSR count). The Labute approximate surface area is 106 Å². The largest absolute Gasteiger partial charge is 0.383 e. The Kier molecular flexibility index (Phi) is 5.31. The van der Waals surface area contributed by atoms with Crippen LogP contribution in [0.3, 0.4) is 0 Å². The van der Waals surface area contributed by atoms with Crippen LogP contribution in [0.15, 0.2) is 0 Å². The number of nitrogens with one attached hydrogen (secondary N) is 1. The summed E-state index contributed by atoms with van der Waals surface area (Å²) in [7, 11) is 1.70. The van der Waals surface area contributed by atoms with Crippen molar-refractivity contribution >= 4 is 11.3 Å². The fourth-order valence-corrected chi connectivity index (χ4v) is 2.67. The first-order valence-corrected chi connectivity index (χ1v) is 6.85. The quantitative estimate of drug-likeness (QED) is 0.783. The number of hydrogen-bond donors (Lipinski definition) is 1. The van der Waals surface area contributed by atoms with Crippen molar-refractivity contribution in [2.24, 2.45) is 0 Å². The number of methoxy groups -OCH3 is 1. The molecule has 6 heteroatoms. The maximum atomic E-state index is 5.69. The summed E-state index contributed by atoms with van der Waals surface area (Å²) in [6.07, 6.45) is 3.65. The van der Waals surface area contributed by atoms with E-state index in [1.54, 1.807) is 18.4 Å². The molecule has 2 heterocycles. The first-order chi connectivity index (χ1) is 8.40. The van der Waals surface area contributed by atoms with Crippen molar-refractivity contribution in [2.45, 2.75) is 31.9 Å². The van der Waals surface area contributed by atoms with Gasteiger partial charge in [0.1, 0.15) is 16.1 Å². The summed E-state index contributed by atoms with van der Waals surface area (Å²) in [5, 5.41) is 13.7. The monoisotopic (exact) mass is 257 g/mol. The fraction of sp³-hybridized carbons (Fsp3) is 0.818. The molecule has 1 atom stereocenters. The molecule has 0 amide bonds. The molecule has 1 N–H and O–H groups in total. The van der Waals surface area contributed by atoms with E-state index in [4.69, 9.17) is 9.47 Å². The van der Waals surface area contributed by atoms with Gasteiger partial charge >= 0.3 is 0 Å². The van der Waals surface area contributed by atoms with Gasteiger partial charge in [0, 0.05) is 26.8 Å². The molecule has 17 heavy (non-hydrogen) atoms. The molecule has 0 saturated carbocycles. The second-order valence-electron chi connectivity index (χ2n) is 4.06. The van der Waals surface area contributed by atoms with E-state index in [0.717, 1.165) is 42.7 Å². The highest BCUT2D eigenvalue weighted by Crippen LogP contribution is 2.29. The Bertz CT molecular complexity index is 326. The second kappa shape index (κ2) is 7.00. The summed E-state index contributed by atoms with van der Waals surface area (Å²) in [5.74, 6) is 0. The summed E-state index contributed by atoms with van der Waals surface area (Å²) in [6.45, 7) is 3.17. The Hall–Kier alpha value is -0.560. The van der Waals surface area contributed by atoms with E-state index in [1.165, 1.54) is 12.8 Å². The molecule has 0 aliphatic carbocycles. The van der Waals surface area contributed by atoms with Gasteiger partial charge in [0.25, 0.3) is 0 Å². The van der Waals surface area contributed by atoms with E-state index in [-0.39, 0.29) is 6.10 Å². The highest BCUT2D eigenvalue weighted by atomic mass is 32.1. The summed E-state index contributed by atoms with van der Waals surface area (Å²) >= 11 is 1.65. The lowest BCUT2D eigenvalue weighted by Crippen LogP contribution is -2.18. The van der Waals surface area contributed by atoms with Gasteiger partial charge < -0.3 is 14.8 Å². The maximum absolute atomic E-state index is 5.69. The molecular weight excluding hydrogens is 238 g/mol. The van der Waals surface area contributed by atoms with Crippen molar-refractivity contribution in [3.63, 3.8) is 0 Å². The third-order valence-corrected chi connectivity index (χ3v) is 3.71. The lowest BCUT2D eigenvalue weighted by molar-refractivity contribution is 0.0144. The Morgan fingerprint density at radius 3 is 3.18 bits per heavy atom. The van der Waals surface area contributed by atoms with Gasteiger partial charge in [-0.3, -0.25) is 0 Å². The van der Waals surface area contributed by atoms with Crippen LogP contribution >= 0.6 is 11.3 Å². The van der Waals surface area contributed by atoms with Gasteiger partial charge in [-0.25, -0.2) is 0 Å². The minimum Gasteiger partial charge on any atom is -0.383 e. The van der Waals surface area contributed by atoms with Crippen LogP contribution in [0.5, 0.6) is 0 Å². The molecular formula is C11H19N3O2S. The van der Waals surface area contributed by atoms with Crippen molar-refractivity contribution < 1.29 is 9.47 Å². The Balaban J connectivity index is 1.78. The minimum atomic E-state index is 0.175. The lowest BCUT2D eigenvalue weighted by atomic mass is 10.1. The molecule has 0 radical (unpaired) electrons. The van der Waals surface area contributed by atoms with E-state index in [1.807, 2.05) is 0 Å². The highest BCUT2D eigenvalue weighted by Gasteiger charge is 2.20. The van der Waals surface area contributed by atoms with Crippen LogP contribution in [0.2, 0.25) is 0 Å². The molecule has 1 aliphatic heterocycles. The predicted molar refractivity (Wildman–Crippen MR) is 66.0 cm³/mol. The van der Waals surface area contributed by atoms with Gasteiger partial charge in [-0.15, -0.1) is 10.2 Å². The van der Waals surface area contributed by atoms with Crippen LogP contribution in [-0.4, -0.2) is 37.1 Å². The summed E-state index contributed by atoms with van der Waals surface area (Å²) < 4.78 is 10.7. The zero-order chi connectivity index (χ0) is 11.9. The van der Waals surface area contributed by atoms with Gasteiger partial charge in [-0.1, -0.05) is 11.3 Å². The van der Waals surface area contributed by atoms with Crippen LogP contribution in [0.25, 0.3) is 0 Å². The predicted octanol–water partition coefficient (Wildman–Crippen LogP) is 1.52. The van der Waals surface area contributed by atoms with Gasteiger partial charge in [-0.05, 0) is 19.3 Å². The maximum Gasteiger partial charge on any atom is 0.146 e. The number of hydrogen-bond acceptors (Lipinski definition) is 6. The van der Waals surface area contributed by atoms with E-state index >= 15 is 0 Å². The molecule has 1 saturated heterocycles. The van der Waals surface area contributed by atoms with E-state index in [2.05, 4.69) is 15.5 Å². The smallest absolute Gasteiger partial charge is 0.146 e. The Morgan fingerprint density at radius 1 is 1.47 bits per heavy atom. The third kappa shape index (κ3) is 3.99. The molecule has 1 fully saturated rings. The molecule has 96 valence electrons. The SMILES string of the molecule is COCCNCc1nnc(C2CCCCO2)s1. The van der Waals surface area contributed by atoms with Gasteiger partial charge in [0.2, 0.25) is 0 Å². The van der Waals surface area contributed by atoms with Gasteiger partial charge in [-0.2, -0.15) is 0 Å². The lowest BCUT2D eigenvalue weighted by Gasteiger charge is -2.19. The van der Waals surface area contributed by atoms with Crippen LogP contribution in [-0.2, 0) is 16.0 Å². The molecule has 0 spiro atoms. The first-order valence-electron chi connectivity index (χ1n) is 6.03. The van der Waals surface area contributed by atoms with Crippen LogP contribution in [0, 0.1) is 0 Å². The second-order valence-corrected chi connectivity index (χ2v) is 5.15.